The topological polar surface area (TPSA) is 38.9 Å². The number of hydrogen-bond acceptors (Lipinski definition) is 2. The van der Waals surface area contributed by atoms with Crippen molar-refractivity contribution >= 4 is 10.9 Å². The van der Waals surface area contributed by atoms with Crippen LogP contribution < -0.4 is 5.73 Å². The molecule has 1 heterocycles. The summed E-state index contributed by atoms with van der Waals surface area (Å²) in [6, 6.07) is 9.42. The summed E-state index contributed by atoms with van der Waals surface area (Å²) in [5.74, 6) is -1.32. The predicted molar refractivity (Wildman–Crippen MR) is 75.6 cm³/mol. The number of aromatic nitrogens is 1. The lowest BCUT2D eigenvalue weighted by molar-refractivity contribution is -0.187. The van der Waals surface area contributed by atoms with E-state index in [1.165, 1.54) is 0 Å². The minimum absolute atomic E-state index is 0.0590. The highest BCUT2D eigenvalue weighted by Gasteiger charge is 2.46. The Morgan fingerprint density at radius 1 is 1.24 bits per heavy atom. The summed E-state index contributed by atoms with van der Waals surface area (Å²) in [5, 5.41) is 0.911. The quantitative estimate of drug-likeness (QED) is 0.858. The number of fused-ring (bicyclic) bond motifs is 1. The molecule has 1 aliphatic rings. The van der Waals surface area contributed by atoms with Gasteiger partial charge in [-0.05, 0) is 37.0 Å². The van der Waals surface area contributed by atoms with Crippen LogP contribution in [0.5, 0.6) is 0 Å². The molecule has 2 atom stereocenters. The Morgan fingerprint density at radius 2 is 2.00 bits per heavy atom. The smallest absolute Gasteiger partial charge is 0.321 e. The number of para-hydroxylation sites is 1. The number of benzene rings is 1. The molecule has 0 aliphatic heterocycles. The fourth-order valence-corrected chi connectivity index (χ4v) is 3.19. The molecule has 112 valence electrons. The van der Waals surface area contributed by atoms with Gasteiger partial charge in [0.1, 0.15) is 0 Å². The van der Waals surface area contributed by atoms with Crippen molar-refractivity contribution in [2.45, 2.75) is 37.4 Å². The van der Waals surface area contributed by atoms with E-state index in [4.69, 9.17) is 5.73 Å². The molecule has 1 aliphatic carbocycles. The van der Waals surface area contributed by atoms with Gasteiger partial charge in [-0.1, -0.05) is 24.6 Å². The van der Waals surface area contributed by atoms with Crippen LogP contribution in [0.15, 0.2) is 36.5 Å². The van der Waals surface area contributed by atoms with Crippen molar-refractivity contribution in [2.75, 3.05) is 0 Å². The number of rotatable bonds is 1. The maximum atomic E-state index is 13.0. The average molecular weight is 294 g/mol. The van der Waals surface area contributed by atoms with Crippen LogP contribution in [0.1, 0.15) is 31.2 Å². The fraction of sp³-hybridized carbons (Fsp3) is 0.438. The SMILES string of the molecule is NC1(c2cnc3ccccc3c2)CCCC(C(F)(F)F)C1. The highest BCUT2D eigenvalue weighted by molar-refractivity contribution is 5.79. The Kier molecular flexibility index (Phi) is 3.40. The molecule has 2 aromatic rings. The highest BCUT2D eigenvalue weighted by Crippen LogP contribution is 2.44. The molecule has 0 spiro atoms. The Hall–Kier alpha value is -1.62. The van der Waals surface area contributed by atoms with Crippen LogP contribution in [0.4, 0.5) is 13.2 Å². The zero-order valence-corrected chi connectivity index (χ0v) is 11.5. The van der Waals surface area contributed by atoms with Gasteiger partial charge in [-0.25, -0.2) is 0 Å². The second-order valence-corrected chi connectivity index (χ2v) is 5.91. The van der Waals surface area contributed by atoms with E-state index in [-0.39, 0.29) is 12.8 Å². The zero-order chi connectivity index (χ0) is 15.1. The van der Waals surface area contributed by atoms with Crippen molar-refractivity contribution in [2.24, 2.45) is 11.7 Å². The van der Waals surface area contributed by atoms with Gasteiger partial charge in [0.05, 0.1) is 11.4 Å². The number of halogens is 3. The van der Waals surface area contributed by atoms with E-state index in [2.05, 4.69) is 4.98 Å². The molecule has 21 heavy (non-hydrogen) atoms. The number of nitrogens with two attached hydrogens (primary N) is 1. The lowest BCUT2D eigenvalue weighted by Crippen LogP contribution is -2.44. The van der Waals surface area contributed by atoms with E-state index in [9.17, 15) is 13.2 Å². The van der Waals surface area contributed by atoms with E-state index < -0.39 is 17.6 Å². The molecule has 1 aromatic heterocycles. The van der Waals surface area contributed by atoms with Crippen LogP contribution in [-0.2, 0) is 5.54 Å². The Bertz CT molecular complexity index is 653. The summed E-state index contributed by atoms with van der Waals surface area (Å²) >= 11 is 0. The molecule has 1 fully saturated rings. The number of alkyl halides is 3. The average Bonchev–Trinajstić information content (AvgIpc) is 2.46. The molecule has 3 rings (SSSR count). The predicted octanol–water partition coefficient (Wildman–Crippen LogP) is 4.14. The molecular weight excluding hydrogens is 277 g/mol. The van der Waals surface area contributed by atoms with Gasteiger partial charge in [-0.15, -0.1) is 0 Å². The van der Waals surface area contributed by atoms with Crippen LogP contribution in [0.25, 0.3) is 10.9 Å². The number of hydrogen-bond donors (Lipinski definition) is 1. The molecule has 2 unspecified atom stereocenters. The van der Waals surface area contributed by atoms with Gasteiger partial charge in [0.25, 0.3) is 0 Å². The number of pyridine rings is 1. The third-order valence-electron chi connectivity index (χ3n) is 4.41. The first-order valence-corrected chi connectivity index (χ1v) is 7.09. The van der Waals surface area contributed by atoms with E-state index >= 15 is 0 Å². The van der Waals surface area contributed by atoms with Crippen molar-refractivity contribution in [3.05, 3.63) is 42.1 Å². The molecule has 0 radical (unpaired) electrons. The molecule has 2 N–H and O–H groups in total. The molecule has 1 aromatic carbocycles. The molecule has 5 heteroatoms. The van der Waals surface area contributed by atoms with E-state index in [0.717, 1.165) is 10.9 Å². The molecule has 1 saturated carbocycles. The molecule has 0 saturated heterocycles. The largest absolute Gasteiger partial charge is 0.391 e. The van der Waals surface area contributed by atoms with E-state index in [1.807, 2.05) is 30.3 Å². The third kappa shape index (κ3) is 2.75. The van der Waals surface area contributed by atoms with Crippen molar-refractivity contribution in [3.63, 3.8) is 0 Å². The first-order chi connectivity index (χ1) is 9.88. The summed E-state index contributed by atoms with van der Waals surface area (Å²) in [6.45, 7) is 0. The molecular formula is C16H17F3N2. The Labute approximate surface area is 121 Å². The number of nitrogens with zero attached hydrogens (tertiary/aromatic N) is 1. The summed E-state index contributed by atoms with van der Waals surface area (Å²) in [5.41, 5.74) is 6.91. The van der Waals surface area contributed by atoms with Gasteiger partial charge in [-0.3, -0.25) is 4.98 Å². The van der Waals surface area contributed by atoms with E-state index in [1.54, 1.807) is 6.20 Å². The van der Waals surface area contributed by atoms with Crippen LogP contribution in [0, 0.1) is 5.92 Å². The normalized spacial score (nSPS) is 27.0. The minimum Gasteiger partial charge on any atom is -0.321 e. The van der Waals surface area contributed by atoms with Gasteiger partial charge < -0.3 is 5.73 Å². The molecule has 0 amide bonds. The Morgan fingerprint density at radius 3 is 2.76 bits per heavy atom. The van der Waals surface area contributed by atoms with Crippen molar-refractivity contribution in [1.29, 1.82) is 0 Å². The Balaban J connectivity index is 1.96. The van der Waals surface area contributed by atoms with Gasteiger partial charge in [0.15, 0.2) is 0 Å². The van der Waals surface area contributed by atoms with Crippen molar-refractivity contribution in [1.82, 2.24) is 4.98 Å². The first-order valence-electron chi connectivity index (χ1n) is 7.09. The molecule has 2 nitrogen and oxygen atoms in total. The van der Waals surface area contributed by atoms with Crippen molar-refractivity contribution in [3.8, 4) is 0 Å². The highest BCUT2D eigenvalue weighted by atomic mass is 19.4. The summed E-state index contributed by atoms with van der Waals surface area (Å²) in [7, 11) is 0. The van der Waals surface area contributed by atoms with Crippen molar-refractivity contribution < 1.29 is 13.2 Å². The summed E-state index contributed by atoms with van der Waals surface area (Å²) < 4.78 is 38.9. The maximum Gasteiger partial charge on any atom is 0.391 e. The minimum atomic E-state index is -4.17. The zero-order valence-electron chi connectivity index (χ0n) is 11.5. The van der Waals surface area contributed by atoms with Crippen LogP contribution in [0.3, 0.4) is 0 Å². The van der Waals surface area contributed by atoms with Crippen LogP contribution in [-0.4, -0.2) is 11.2 Å². The van der Waals surface area contributed by atoms with Gasteiger partial charge in [0.2, 0.25) is 0 Å². The third-order valence-corrected chi connectivity index (χ3v) is 4.41. The monoisotopic (exact) mass is 294 g/mol. The summed E-state index contributed by atoms with van der Waals surface area (Å²) in [4.78, 5) is 4.33. The van der Waals surface area contributed by atoms with Crippen LogP contribution >= 0.6 is 0 Å². The lowest BCUT2D eigenvalue weighted by Gasteiger charge is -2.39. The summed E-state index contributed by atoms with van der Waals surface area (Å²) in [6.07, 6.45) is -1.37. The lowest BCUT2D eigenvalue weighted by atomic mass is 9.72. The standard InChI is InChI=1S/C16H17F3N2/c17-16(18,19)12-5-3-7-15(20,9-12)13-8-11-4-1-2-6-14(11)21-10-13/h1-2,4,6,8,10,12H,3,5,7,9,20H2. The fourth-order valence-electron chi connectivity index (χ4n) is 3.19. The van der Waals surface area contributed by atoms with Gasteiger partial charge in [-0.2, -0.15) is 13.2 Å². The first kappa shape index (κ1) is 14.3. The second kappa shape index (κ2) is 4.98. The van der Waals surface area contributed by atoms with Gasteiger partial charge >= 0.3 is 6.18 Å². The maximum absolute atomic E-state index is 13.0. The second-order valence-electron chi connectivity index (χ2n) is 5.91. The van der Waals surface area contributed by atoms with Crippen LogP contribution in [0.2, 0.25) is 0 Å². The molecule has 0 bridgehead atoms. The van der Waals surface area contributed by atoms with E-state index in [0.29, 0.717) is 18.4 Å². The van der Waals surface area contributed by atoms with Gasteiger partial charge in [0, 0.05) is 17.1 Å².